The second-order valence-electron chi connectivity index (χ2n) is 5.40. The van der Waals surface area contributed by atoms with Gasteiger partial charge in [0.05, 0.1) is 4.90 Å². The highest BCUT2D eigenvalue weighted by Crippen LogP contribution is 2.24. The van der Waals surface area contributed by atoms with Crippen LogP contribution in [0, 0.1) is 0 Å². The van der Waals surface area contributed by atoms with E-state index in [0.717, 1.165) is 0 Å². The first kappa shape index (κ1) is 20.0. The van der Waals surface area contributed by atoms with Crippen LogP contribution in [0.3, 0.4) is 0 Å². The Morgan fingerprint density at radius 1 is 1.14 bits per heavy atom. The molecule has 3 rings (SSSR count). The summed E-state index contributed by atoms with van der Waals surface area (Å²) in [7, 11) is -3.75. The second-order valence-corrected chi connectivity index (χ2v) is 9.43. The number of aromatic nitrogens is 3. The zero-order chi connectivity index (χ0) is 20.0. The standard InChI is InChI=1S/C16H16N6O3S3/c17-15-20-21-16(27-15)26-10-8-14(23)19-11-4-6-12(7-5-11)28(24,25)22-13-3-1-2-9-18-13/h1-7,9H,8,10H2,(H2,17,20)(H,18,22)(H,19,23). The normalized spacial score (nSPS) is 11.1. The van der Waals surface area contributed by atoms with Crippen LogP contribution >= 0.6 is 23.1 Å². The largest absolute Gasteiger partial charge is 0.374 e. The van der Waals surface area contributed by atoms with Crippen molar-refractivity contribution in [2.45, 2.75) is 15.7 Å². The van der Waals surface area contributed by atoms with Crippen molar-refractivity contribution in [3.05, 3.63) is 48.7 Å². The summed E-state index contributed by atoms with van der Waals surface area (Å²) in [6.45, 7) is 0. The predicted molar refractivity (Wildman–Crippen MR) is 110 cm³/mol. The number of carbonyl (C=O) groups is 1. The topological polar surface area (TPSA) is 140 Å². The molecule has 12 heteroatoms. The number of nitrogen functional groups attached to an aromatic ring is 1. The molecule has 0 saturated carbocycles. The molecule has 146 valence electrons. The van der Waals surface area contributed by atoms with Crippen LogP contribution in [0.2, 0.25) is 0 Å². The summed E-state index contributed by atoms with van der Waals surface area (Å²) in [4.78, 5) is 16.0. The maximum Gasteiger partial charge on any atom is 0.263 e. The molecule has 1 amide bonds. The molecule has 0 aliphatic heterocycles. The molecule has 0 bridgehead atoms. The molecule has 0 atom stereocenters. The van der Waals surface area contributed by atoms with Crippen LogP contribution in [0.1, 0.15) is 6.42 Å². The lowest BCUT2D eigenvalue weighted by Gasteiger charge is -2.09. The van der Waals surface area contributed by atoms with Gasteiger partial charge in [-0.1, -0.05) is 29.2 Å². The Morgan fingerprint density at radius 2 is 1.93 bits per heavy atom. The number of nitrogens with zero attached hydrogens (tertiary/aromatic N) is 3. The highest BCUT2D eigenvalue weighted by molar-refractivity contribution is 8.01. The van der Waals surface area contributed by atoms with Crippen molar-refractivity contribution in [2.75, 3.05) is 21.5 Å². The maximum absolute atomic E-state index is 12.4. The molecule has 3 aromatic rings. The van der Waals surface area contributed by atoms with Gasteiger partial charge >= 0.3 is 0 Å². The number of rotatable bonds is 8. The van der Waals surface area contributed by atoms with Gasteiger partial charge in [-0.25, -0.2) is 13.4 Å². The summed E-state index contributed by atoms with van der Waals surface area (Å²) in [5, 5.41) is 10.7. The van der Waals surface area contributed by atoms with Crippen molar-refractivity contribution in [2.24, 2.45) is 0 Å². The van der Waals surface area contributed by atoms with Crippen molar-refractivity contribution in [1.82, 2.24) is 15.2 Å². The minimum atomic E-state index is -3.75. The van der Waals surface area contributed by atoms with Crippen LogP contribution in [0.4, 0.5) is 16.6 Å². The van der Waals surface area contributed by atoms with E-state index in [2.05, 4.69) is 25.2 Å². The first-order valence-electron chi connectivity index (χ1n) is 7.98. The van der Waals surface area contributed by atoms with Gasteiger partial charge in [0.25, 0.3) is 10.0 Å². The summed E-state index contributed by atoms with van der Waals surface area (Å²) in [5.74, 6) is 0.572. The monoisotopic (exact) mass is 436 g/mol. The summed E-state index contributed by atoms with van der Waals surface area (Å²) >= 11 is 2.66. The molecule has 2 heterocycles. The average Bonchev–Trinajstić information content (AvgIpc) is 3.08. The molecule has 0 saturated heterocycles. The van der Waals surface area contributed by atoms with Crippen LogP contribution in [-0.4, -0.2) is 35.3 Å². The highest BCUT2D eigenvalue weighted by atomic mass is 32.2. The van der Waals surface area contributed by atoms with Crippen LogP contribution < -0.4 is 15.8 Å². The van der Waals surface area contributed by atoms with Crippen molar-refractivity contribution >= 4 is 55.7 Å². The van der Waals surface area contributed by atoms with E-state index in [9.17, 15) is 13.2 Å². The van der Waals surface area contributed by atoms with E-state index in [1.807, 2.05) is 0 Å². The van der Waals surface area contributed by atoms with Gasteiger partial charge in [-0.3, -0.25) is 9.52 Å². The number of hydrogen-bond donors (Lipinski definition) is 3. The Kier molecular flexibility index (Phi) is 6.44. The number of sulfonamides is 1. The number of nitrogens with two attached hydrogens (primary N) is 1. The molecule has 0 spiro atoms. The molecule has 0 fully saturated rings. The Bertz CT molecular complexity index is 1040. The van der Waals surface area contributed by atoms with E-state index < -0.39 is 10.0 Å². The number of pyridine rings is 1. The lowest BCUT2D eigenvalue weighted by atomic mass is 10.3. The predicted octanol–water partition coefficient (Wildman–Crippen LogP) is 2.44. The van der Waals surface area contributed by atoms with E-state index in [-0.39, 0.29) is 23.0 Å². The minimum absolute atomic E-state index is 0.0700. The van der Waals surface area contributed by atoms with E-state index in [0.29, 0.717) is 20.9 Å². The number of nitrogens with one attached hydrogen (secondary N) is 2. The van der Waals surface area contributed by atoms with Gasteiger partial charge in [0, 0.05) is 24.1 Å². The van der Waals surface area contributed by atoms with Crippen molar-refractivity contribution in [3.63, 3.8) is 0 Å². The third-order valence-corrected chi connectivity index (χ3v) is 6.59. The number of hydrogen-bond acceptors (Lipinski definition) is 9. The fourth-order valence-electron chi connectivity index (χ4n) is 2.07. The minimum Gasteiger partial charge on any atom is -0.374 e. The molecule has 9 nitrogen and oxygen atoms in total. The highest BCUT2D eigenvalue weighted by Gasteiger charge is 2.15. The van der Waals surface area contributed by atoms with Crippen molar-refractivity contribution in [3.8, 4) is 0 Å². The molecule has 28 heavy (non-hydrogen) atoms. The molecule has 1 aromatic carbocycles. The van der Waals surface area contributed by atoms with Crippen molar-refractivity contribution in [1.29, 1.82) is 0 Å². The van der Waals surface area contributed by atoms with Gasteiger partial charge in [-0.05, 0) is 36.4 Å². The first-order valence-corrected chi connectivity index (χ1v) is 11.3. The quantitative estimate of drug-likeness (QED) is 0.457. The second kappa shape index (κ2) is 8.99. The summed E-state index contributed by atoms with van der Waals surface area (Å²) in [5.41, 5.74) is 6.01. The number of amides is 1. The summed E-state index contributed by atoms with van der Waals surface area (Å²) in [6.07, 6.45) is 1.76. The van der Waals surface area contributed by atoms with Crippen LogP contribution in [-0.2, 0) is 14.8 Å². The molecule has 0 aliphatic rings. The molecule has 4 N–H and O–H groups in total. The van der Waals surface area contributed by atoms with Crippen molar-refractivity contribution < 1.29 is 13.2 Å². The van der Waals surface area contributed by atoms with Gasteiger partial charge in [-0.2, -0.15) is 0 Å². The van der Waals surface area contributed by atoms with Gasteiger partial charge < -0.3 is 11.1 Å². The molecule has 0 radical (unpaired) electrons. The molecular formula is C16H16N6O3S3. The first-order chi connectivity index (χ1) is 13.4. The number of benzene rings is 1. The molecular weight excluding hydrogens is 420 g/mol. The van der Waals surface area contributed by atoms with Gasteiger partial charge in [0.15, 0.2) is 4.34 Å². The SMILES string of the molecule is Nc1nnc(SCCC(=O)Nc2ccc(S(=O)(=O)Nc3ccccn3)cc2)s1. The Morgan fingerprint density at radius 3 is 2.57 bits per heavy atom. The molecule has 2 aromatic heterocycles. The van der Waals surface area contributed by atoms with E-state index in [1.165, 1.54) is 53.6 Å². The fraction of sp³-hybridized carbons (Fsp3) is 0.125. The number of carbonyl (C=O) groups excluding carboxylic acids is 1. The smallest absolute Gasteiger partial charge is 0.263 e. The zero-order valence-corrected chi connectivity index (χ0v) is 16.9. The Hall–Kier alpha value is -2.70. The summed E-state index contributed by atoms with van der Waals surface area (Å²) < 4.78 is 27.8. The lowest BCUT2D eigenvalue weighted by Crippen LogP contribution is -2.14. The van der Waals surface area contributed by atoms with E-state index >= 15 is 0 Å². The molecule has 0 aliphatic carbocycles. The zero-order valence-electron chi connectivity index (χ0n) is 14.4. The van der Waals surface area contributed by atoms with E-state index in [4.69, 9.17) is 5.73 Å². The Balaban J connectivity index is 1.52. The average molecular weight is 437 g/mol. The number of anilines is 3. The third kappa shape index (κ3) is 5.65. The van der Waals surface area contributed by atoms with E-state index in [1.54, 1.807) is 18.2 Å². The van der Waals surface area contributed by atoms with Gasteiger partial charge in [0.1, 0.15) is 5.82 Å². The summed E-state index contributed by atoms with van der Waals surface area (Å²) in [6, 6.07) is 10.8. The third-order valence-electron chi connectivity index (χ3n) is 3.33. The lowest BCUT2D eigenvalue weighted by molar-refractivity contribution is -0.115. The van der Waals surface area contributed by atoms with Crippen LogP contribution in [0.15, 0.2) is 57.9 Å². The van der Waals surface area contributed by atoms with Crippen LogP contribution in [0.5, 0.6) is 0 Å². The van der Waals surface area contributed by atoms with Crippen LogP contribution in [0.25, 0.3) is 0 Å². The molecule has 0 unspecified atom stereocenters. The van der Waals surface area contributed by atoms with Gasteiger partial charge in [0.2, 0.25) is 11.0 Å². The fourth-order valence-corrected chi connectivity index (χ4v) is 4.72. The maximum atomic E-state index is 12.4. The van der Waals surface area contributed by atoms with Gasteiger partial charge in [-0.15, -0.1) is 10.2 Å². The Labute approximate surface area is 169 Å². The number of thioether (sulfide) groups is 1.